The molecule has 0 spiro atoms. The summed E-state index contributed by atoms with van der Waals surface area (Å²) in [7, 11) is 2.13. The number of carbonyl (C=O) groups is 1. The van der Waals surface area contributed by atoms with Gasteiger partial charge < -0.3 is 14.5 Å². The van der Waals surface area contributed by atoms with Gasteiger partial charge in [-0.3, -0.25) is 0 Å². The lowest BCUT2D eigenvalue weighted by Gasteiger charge is -2.36. The molecule has 0 radical (unpaired) electrons. The highest BCUT2D eigenvalue weighted by Crippen LogP contribution is 2.38. The maximum absolute atomic E-state index is 12.9. The van der Waals surface area contributed by atoms with Crippen molar-refractivity contribution in [2.45, 2.75) is 57.6 Å². The molecule has 1 aromatic carbocycles. The number of hydrogen-bond donors (Lipinski definition) is 0. The Morgan fingerprint density at radius 1 is 1.24 bits per heavy atom. The zero-order chi connectivity index (χ0) is 17.9. The Kier molecular flexibility index (Phi) is 5.67. The van der Waals surface area contributed by atoms with Gasteiger partial charge in [0.2, 0.25) is 0 Å². The number of piperidine rings is 1. The van der Waals surface area contributed by atoms with Gasteiger partial charge in [-0.05, 0) is 57.6 Å². The predicted molar refractivity (Wildman–Crippen MR) is 101 cm³/mol. The fourth-order valence-electron chi connectivity index (χ4n) is 4.30. The van der Waals surface area contributed by atoms with Crippen molar-refractivity contribution in [3.05, 3.63) is 35.9 Å². The molecule has 1 amide bonds. The Balaban J connectivity index is 1.61. The molecule has 0 saturated carbocycles. The fraction of sp³-hybridized carbons (Fsp3) is 0.667. The Labute approximate surface area is 152 Å². The van der Waals surface area contributed by atoms with E-state index in [0.29, 0.717) is 5.92 Å². The van der Waals surface area contributed by atoms with Gasteiger partial charge in [-0.15, -0.1) is 0 Å². The molecule has 0 aliphatic carbocycles. The largest absolute Gasteiger partial charge is 0.446 e. The molecular weight excluding hydrogens is 312 g/mol. The Morgan fingerprint density at radius 3 is 2.56 bits per heavy atom. The third-order valence-electron chi connectivity index (χ3n) is 6.10. The standard InChI is InChI=1S/C21H32N2O2/c1-4-21(2)15-18(14-17-8-6-5-7-9-17)16-23(21)20(24)25-19-10-12-22(3)13-11-19/h5-9,18-19H,4,10-16H2,1-3H3. The van der Waals surface area contributed by atoms with Crippen LogP contribution in [0, 0.1) is 5.92 Å². The lowest BCUT2D eigenvalue weighted by molar-refractivity contribution is 0.0185. The maximum Gasteiger partial charge on any atom is 0.410 e. The average Bonchev–Trinajstić information content (AvgIpc) is 2.95. The summed E-state index contributed by atoms with van der Waals surface area (Å²) in [5.74, 6) is 0.511. The minimum absolute atomic E-state index is 0.0814. The van der Waals surface area contributed by atoms with Crippen molar-refractivity contribution in [1.29, 1.82) is 0 Å². The summed E-state index contributed by atoms with van der Waals surface area (Å²) in [6, 6.07) is 10.6. The van der Waals surface area contributed by atoms with Gasteiger partial charge in [0, 0.05) is 25.2 Å². The van der Waals surface area contributed by atoms with Gasteiger partial charge in [0.15, 0.2) is 0 Å². The molecule has 2 fully saturated rings. The minimum Gasteiger partial charge on any atom is -0.446 e. The van der Waals surface area contributed by atoms with Crippen LogP contribution in [0.15, 0.2) is 30.3 Å². The molecule has 0 aromatic heterocycles. The highest BCUT2D eigenvalue weighted by atomic mass is 16.6. The first-order chi connectivity index (χ1) is 12.0. The predicted octanol–water partition coefficient (Wildman–Crippen LogP) is 3.95. The van der Waals surface area contributed by atoms with E-state index in [1.807, 2.05) is 4.90 Å². The smallest absolute Gasteiger partial charge is 0.410 e. The Bertz CT molecular complexity index is 569. The van der Waals surface area contributed by atoms with Gasteiger partial charge >= 0.3 is 6.09 Å². The Morgan fingerprint density at radius 2 is 1.92 bits per heavy atom. The number of rotatable bonds is 4. The number of ether oxygens (including phenoxy) is 1. The van der Waals surface area contributed by atoms with Crippen molar-refractivity contribution in [3.63, 3.8) is 0 Å². The molecule has 138 valence electrons. The molecule has 2 saturated heterocycles. The van der Waals surface area contributed by atoms with Crippen LogP contribution in [0.1, 0.15) is 45.1 Å². The molecule has 2 aliphatic heterocycles. The van der Waals surface area contributed by atoms with Crippen molar-refractivity contribution in [2.24, 2.45) is 5.92 Å². The van der Waals surface area contributed by atoms with E-state index in [0.717, 1.165) is 51.7 Å². The molecule has 2 heterocycles. The first-order valence-electron chi connectivity index (χ1n) is 9.71. The SMILES string of the molecule is CCC1(C)CC(Cc2ccccc2)CN1C(=O)OC1CCN(C)CC1. The number of hydrogen-bond acceptors (Lipinski definition) is 3. The van der Waals surface area contributed by atoms with E-state index < -0.39 is 0 Å². The van der Waals surface area contributed by atoms with Crippen molar-refractivity contribution in [2.75, 3.05) is 26.7 Å². The summed E-state index contributed by atoms with van der Waals surface area (Å²) in [5, 5.41) is 0. The number of carbonyl (C=O) groups excluding carboxylic acids is 1. The molecule has 2 atom stereocenters. The topological polar surface area (TPSA) is 32.8 Å². The summed E-state index contributed by atoms with van der Waals surface area (Å²) < 4.78 is 5.88. The van der Waals surface area contributed by atoms with E-state index in [1.54, 1.807) is 0 Å². The second kappa shape index (κ2) is 7.77. The van der Waals surface area contributed by atoms with E-state index >= 15 is 0 Å². The first-order valence-corrected chi connectivity index (χ1v) is 9.71. The van der Waals surface area contributed by atoms with Gasteiger partial charge in [-0.1, -0.05) is 37.3 Å². The summed E-state index contributed by atoms with van der Waals surface area (Å²) in [4.78, 5) is 17.2. The first kappa shape index (κ1) is 18.2. The molecule has 2 aliphatic rings. The van der Waals surface area contributed by atoms with Gasteiger partial charge in [0.25, 0.3) is 0 Å². The monoisotopic (exact) mass is 344 g/mol. The van der Waals surface area contributed by atoms with E-state index in [9.17, 15) is 4.79 Å². The molecule has 3 rings (SSSR count). The van der Waals surface area contributed by atoms with E-state index in [-0.39, 0.29) is 17.7 Å². The van der Waals surface area contributed by atoms with Gasteiger partial charge in [-0.25, -0.2) is 4.79 Å². The van der Waals surface area contributed by atoms with Crippen LogP contribution >= 0.6 is 0 Å². The highest BCUT2D eigenvalue weighted by Gasteiger charge is 2.44. The van der Waals surface area contributed by atoms with Crippen molar-refractivity contribution >= 4 is 6.09 Å². The lowest BCUT2D eigenvalue weighted by Crippen LogP contribution is -2.47. The van der Waals surface area contributed by atoms with Crippen LogP contribution in [-0.2, 0) is 11.2 Å². The third kappa shape index (κ3) is 4.35. The van der Waals surface area contributed by atoms with Gasteiger partial charge in [0.1, 0.15) is 6.10 Å². The number of amides is 1. The van der Waals surface area contributed by atoms with E-state index in [2.05, 4.69) is 56.1 Å². The second-order valence-electron chi connectivity index (χ2n) is 8.11. The quantitative estimate of drug-likeness (QED) is 0.829. The third-order valence-corrected chi connectivity index (χ3v) is 6.10. The summed E-state index contributed by atoms with van der Waals surface area (Å²) in [5.41, 5.74) is 1.28. The number of benzene rings is 1. The summed E-state index contributed by atoms with van der Waals surface area (Å²) in [6.07, 6.45) is 4.95. The fourth-order valence-corrected chi connectivity index (χ4v) is 4.30. The van der Waals surface area contributed by atoms with Gasteiger partial charge in [0.05, 0.1) is 0 Å². The van der Waals surface area contributed by atoms with Crippen molar-refractivity contribution in [1.82, 2.24) is 9.80 Å². The lowest BCUT2D eigenvalue weighted by atomic mass is 9.89. The van der Waals surface area contributed by atoms with Crippen LogP contribution in [-0.4, -0.2) is 54.2 Å². The zero-order valence-electron chi connectivity index (χ0n) is 15.9. The highest BCUT2D eigenvalue weighted by molar-refractivity contribution is 5.69. The molecule has 4 nitrogen and oxygen atoms in total. The maximum atomic E-state index is 12.9. The van der Waals surface area contributed by atoms with E-state index in [4.69, 9.17) is 4.74 Å². The molecule has 0 N–H and O–H groups in total. The molecule has 0 bridgehead atoms. The van der Waals surface area contributed by atoms with Crippen LogP contribution in [0.2, 0.25) is 0 Å². The molecule has 4 heteroatoms. The van der Waals surface area contributed by atoms with Crippen LogP contribution in [0.4, 0.5) is 4.79 Å². The molecule has 1 aromatic rings. The number of likely N-dealkylation sites (tertiary alicyclic amines) is 2. The average molecular weight is 344 g/mol. The summed E-state index contributed by atoms with van der Waals surface area (Å²) in [6.45, 7) is 7.23. The van der Waals surface area contributed by atoms with Gasteiger partial charge in [-0.2, -0.15) is 0 Å². The van der Waals surface area contributed by atoms with Crippen LogP contribution in [0.5, 0.6) is 0 Å². The molecule has 2 unspecified atom stereocenters. The Hall–Kier alpha value is -1.55. The molecular formula is C21H32N2O2. The van der Waals surface area contributed by atoms with Crippen LogP contribution in [0.25, 0.3) is 0 Å². The minimum atomic E-state index is -0.102. The van der Waals surface area contributed by atoms with Crippen LogP contribution in [0.3, 0.4) is 0 Å². The second-order valence-corrected chi connectivity index (χ2v) is 8.11. The van der Waals surface area contributed by atoms with E-state index in [1.165, 1.54) is 5.56 Å². The summed E-state index contributed by atoms with van der Waals surface area (Å²) >= 11 is 0. The van der Waals surface area contributed by atoms with Crippen molar-refractivity contribution < 1.29 is 9.53 Å². The normalized spacial score (nSPS) is 28.3. The zero-order valence-corrected chi connectivity index (χ0v) is 15.9. The number of nitrogens with zero attached hydrogens (tertiary/aromatic N) is 2. The van der Waals surface area contributed by atoms with Crippen molar-refractivity contribution in [3.8, 4) is 0 Å². The molecule has 25 heavy (non-hydrogen) atoms. The van der Waals surface area contributed by atoms with Crippen LogP contribution < -0.4 is 0 Å².